The highest BCUT2D eigenvalue weighted by Gasteiger charge is 2.18. The number of para-hydroxylation sites is 1. The van der Waals surface area contributed by atoms with E-state index in [1.807, 2.05) is 47.7 Å². The van der Waals surface area contributed by atoms with Crippen molar-refractivity contribution in [3.63, 3.8) is 0 Å². The molecule has 3 aromatic heterocycles. The molecule has 0 aliphatic rings. The van der Waals surface area contributed by atoms with Gasteiger partial charge in [0.05, 0.1) is 0 Å². The molecule has 0 saturated carbocycles. The van der Waals surface area contributed by atoms with E-state index in [2.05, 4.69) is 127 Å². The van der Waals surface area contributed by atoms with E-state index in [0.29, 0.717) is 17.5 Å². The van der Waals surface area contributed by atoms with E-state index in [0.717, 1.165) is 49.8 Å². The summed E-state index contributed by atoms with van der Waals surface area (Å²) >= 11 is 1.84. The molecule has 0 aliphatic heterocycles. The third-order valence-electron chi connectivity index (χ3n) is 9.39. The summed E-state index contributed by atoms with van der Waals surface area (Å²) in [5, 5.41) is 4.62. The second kappa shape index (κ2) is 11.6. The number of benzene rings is 7. The number of aromatic nitrogens is 3. The molecule has 10 rings (SSSR count). The maximum absolute atomic E-state index is 6.24. The lowest BCUT2D eigenvalue weighted by Gasteiger charge is -2.11. The largest absolute Gasteiger partial charge is 0.456 e. The lowest BCUT2D eigenvalue weighted by atomic mass is 9.98. The quantitative estimate of drug-likeness (QED) is 0.185. The standard InChI is InChI=1S/C45H27N3OS/c1-2-10-28(11-3-1)29-20-24-31(25-21-29)43-46-44(48-45(47-43)36-15-8-17-38-41(36)34-12-4-6-16-37(34)49-38)32-26-22-30(23-27-32)33-14-9-19-40-42(33)35-13-5-7-18-39(35)50-40/h1-27H. The molecule has 5 heteroatoms. The third-order valence-corrected chi connectivity index (χ3v) is 10.5. The Kier molecular flexibility index (Phi) is 6.64. The highest BCUT2D eigenvalue weighted by molar-refractivity contribution is 7.25. The molecule has 0 aliphatic carbocycles. The Balaban J connectivity index is 1.12. The predicted octanol–water partition coefficient (Wildman–Crippen LogP) is 12.5. The van der Waals surface area contributed by atoms with Crippen molar-refractivity contribution in [3.05, 3.63) is 164 Å². The van der Waals surface area contributed by atoms with Crippen LogP contribution < -0.4 is 0 Å². The summed E-state index contributed by atoms with van der Waals surface area (Å²) in [6, 6.07) is 56.8. The van der Waals surface area contributed by atoms with Crippen LogP contribution in [0.5, 0.6) is 0 Å². The molecule has 0 spiro atoms. The van der Waals surface area contributed by atoms with Crippen LogP contribution in [0.25, 0.3) is 98.5 Å². The van der Waals surface area contributed by atoms with Crippen LogP contribution in [-0.2, 0) is 0 Å². The second-order valence-corrected chi connectivity index (χ2v) is 13.5. The average Bonchev–Trinajstić information content (AvgIpc) is 3.77. The zero-order chi connectivity index (χ0) is 33.0. The van der Waals surface area contributed by atoms with Gasteiger partial charge in [-0.1, -0.05) is 140 Å². The first-order chi connectivity index (χ1) is 24.8. The number of hydrogen-bond donors (Lipinski definition) is 0. The first-order valence-electron chi connectivity index (χ1n) is 16.6. The van der Waals surface area contributed by atoms with Crippen molar-refractivity contribution >= 4 is 53.4 Å². The molecule has 0 atom stereocenters. The number of rotatable bonds is 5. The fourth-order valence-electron chi connectivity index (χ4n) is 6.97. The van der Waals surface area contributed by atoms with Crippen LogP contribution in [0.1, 0.15) is 0 Å². The van der Waals surface area contributed by atoms with E-state index in [1.54, 1.807) is 0 Å². The molecule has 7 aromatic carbocycles. The SMILES string of the molecule is c1ccc(-c2ccc(-c3nc(-c4ccc(-c5cccc6sc7ccccc7c56)cc4)nc(-c4cccc5oc6ccccc6c45)n3)cc2)cc1. The molecule has 10 aromatic rings. The third kappa shape index (κ3) is 4.79. The van der Waals surface area contributed by atoms with E-state index in [1.165, 1.54) is 31.3 Å². The zero-order valence-corrected chi connectivity index (χ0v) is 27.6. The monoisotopic (exact) mass is 657 g/mol. The lowest BCUT2D eigenvalue weighted by Crippen LogP contribution is -2.00. The summed E-state index contributed by atoms with van der Waals surface area (Å²) in [5.74, 6) is 1.84. The van der Waals surface area contributed by atoms with Crippen LogP contribution in [0.3, 0.4) is 0 Å². The summed E-state index contributed by atoms with van der Waals surface area (Å²) in [6.07, 6.45) is 0. The first kappa shape index (κ1) is 28.6. The summed E-state index contributed by atoms with van der Waals surface area (Å²) in [5.41, 5.74) is 9.08. The minimum absolute atomic E-state index is 0.605. The normalized spacial score (nSPS) is 11.6. The van der Waals surface area contributed by atoms with Crippen LogP contribution in [0.15, 0.2) is 168 Å². The molecule has 50 heavy (non-hydrogen) atoms. The van der Waals surface area contributed by atoms with E-state index in [4.69, 9.17) is 19.4 Å². The molecule has 0 radical (unpaired) electrons. The van der Waals surface area contributed by atoms with Crippen LogP contribution >= 0.6 is 11.3 Å². The molecule has 0 saturated heterocycles. The Morgan fingerprint density at radius 3 is 1.66 bits per heavy atom. The van der Waals surface area contributed by atoms with E-state index >= 15 is 0 Å². The van der Waals surface area contributed by atoms with Gasteiger partial charge in [0, 0.05) is 47.6 Å². The molecule has 4 nitrogen and oxygen atoms in total. The fourth-order valence-corrected chi connectivity index (χ4v) is 8.10. The molecule has 0 amide bonds. The van der Waals surface area contributed by atoms with Gasteiger partial charge in [0.1, 0.15) is 11.2 Å². The number of furan rings is 1. The molecule has 0 bridgehead atoms. The van der Waals surface area contributed by atoms with E-state index in [-0.39, 0.29) is 0 Å². The number of thiophene rings is 1. The summed E-state index contributed by atoms with van der Waals surface area (Å²) < 4.78 is 8.83. The summed E-state index contributed by atoms with van der Waals surface area (Å²) in [4.78, 5) is 15.3. The van der Waals surface area contributed by atoms with Gasteiger partial charge in [0.25, 0.3) is 0 Å². The van der Waals surface area contributed by atoms with E-state index in [9.17, 15) is 0 Å². The van der Waals surface area contributed by atoms with Gasteiger partial charge in [0.2, 0.25) is 0 Å². The van der Waals surface area contributed by atoms with E-state index < -0.39 is 0 Å². The van der Waals surface area contributed by atoms with Gasteiger partial charge in [0.15, 0.2) is 17.5 Å². The van der Waals surface area contributed by atoms with Crippen molar-refractivity contribution in [2.45, 2.75) is 0 Å². The molecule has 0 unspecified atom stereocenters. The molecular weight excluding hydrogens is 631 g/mol. The van der Waals surface area contributed by atoms with Crippen LogP contribution in [0, 0.1) is 0 Å². The zero-order valence-electron chi connectivity index (χ0n) is 26.7. The van der Waals surface area contributed by atoms with Crippen molar-refractivity contribution in [2.24, 2.45) is 0 Å². The van der Waals surface area contributed by atoms with Gasteiger partial charge < -0.3 is 4.42 Å². The minimum Gasteiger partial charge on any atom is -0.456 e. The molecular formula is C45H27N3OS. The maximum Gasteiger partial charge on any atom is 0.164 e. The minimum atomic E-state index is 0.605. The Labute approximate surface area is 292 Å². The average molecular weight is 658 g/mol. The van der Waals surface area contributed by atoms with Gasteiger partial charge in [-0.2, -0.15) is 0 Å². The van der Waals surface area contributed by atoms with Crippen molar-refractivity contribution in [3.8, 4) is 56.4 Å². The topological polar surface area (TPSA) is 51.8 Å². The molecule has 0 N–H and O–H groups in total. The Morgan fingerprint density at radius 1 is 0.340 bits per heavy atom. The number of nitrogens with zero attached hydrogens (tertiary/aromatic N) is 3. The second-order valence-electron chi connectivity index (χ2n) is 12.4. The summed E-state index contributed by atoms with van der Waals surface area (Å²) in [7, 11) is 0. The van der Waals surface area contributed by atoms with Gasteiger partial charge in [-0.25, -0.2) is 15.0 Å². The maximum atomic E-state index is 6.24. The number of fused-ring (bicyclic) bond motifs is 6. The molecule has 3 heterocycles. The first-order valence-corrected chi connectivity index (χ1v) is 17.4. The van der Waals surface area contributed by atoms with Gasteiger partial charge >= 0.3 is 0 Å². The van der Waals surface area contributed by atoms with Crippen molar-refractivity contribution < 1.29 is 4.42 Å². The lowest BCUT2D eigenvalue weighted by molar-refractivity contribution is 0.669. The highest BCUT2D eigenvalue weighted by atomic mass is 32.1. The fraction of sp³-hybridized carbons (Fsp3) is 0. The Hall–Kier alpha value is -6.43. The van der Waals surface area contributed by atoms with Gasteiger partial charge in [-0.3, -0.25) is 0 Å². The Bertz CT molecular complexity index is 2850. The molecule has 0 fully saturated rings. The van der Waals surface area contributed by atoms with Crippen molar-refractivity contribution in [2.75, 3.05) is 0 Å². The van der Waals surface area contributed by atoms with Crippen molar-refractivity contribution in [1.82, 2.24) is 15.0 Å². The molecule has 234 valence electrons. The van der Waals surface area contributed by atoms with Crippen LogP contribution in [0.4, 0.5) is 0 Å². The van der Waals surface area contributed by atoms with Crippen LogP contribution in [0.2, 0.25) is 0 Å². The predicted molar refractivity (Wildman–Crippen MR) is 207 cm³/mol. The van der Waals surface area contributed by atoms with Gasteiger partial charge in [-0.05, 0) is 46.5 Å². The van der Waals surface area contributed by atoms with Crippen LogP contribution in [-0.4, -0.2) is 15.0 Å². The van der Waals surface area contributed by atoms with Gasteiger partial charge in [-0.15, -0.1) is 11.3 Å². The smallest absolute Gasteiger partial charge is 0.164 e. The van der Waals surface area contributed by atoms with Crippen molar-refractivity contribution in [1.29, 1.82) is 0 Å². The number of hydrogen-bond acceptors (Lipinski definition) is 5. The highest BCUT2D eigenvalue weighted by Crippen LogP contribution is 2.41. The summed E-state index contributed by atoms with van der Waals surface area (Å²) in [6.45, 7) is 0. The Morgan fingerprint density at radius 2 is 0.880 bits per heavy atom.